The van der Waals surface area contributed by atoms with Crippen molar-refractivity contribution in [3.63, 3.8) is 0 Å². The van der Waals surface area contributed by atoms with Gasteiger partial charge in [0.25, 0.3) is 0 Å². The van der Waals surface area contributed by atoms with Crippen molar-refractivity contribution in [3.8, 4) is 0 Å². The Morgan fingerprint density at radius 2 is 2.00 bits per heavy atom. The fraction of sp³-hybridized carbons (Fsp3) is 0.538. The highest BCUT2D eigenvalue weighted by atomic mass is 79.9. The monoisotopic (exact) mass is 299 g/mol. The third kappa shape index (κ3) is 4.96. The van der Waals surface area contributed by atoms with Crippen LogP contribution in [0.15, 0.2) is 22.7 Å². The van der Waals surface area contributed by atoms with Crippen molar-refractivity contribution < 1.29 is 0 Å². The number of nitrogens with one attached hydrogen (secondary N) is 1. The van der Waals surface area contributed by atoms with Crippen molar-refractivity contribution in [3.05, 3.63) is 22.7 Å². The van der Waals surface area contributed by atoms with Gasteiger partial charge in [0.2, 0.25) is 0 Å². The van der Waals surface area contributed by atoms with E-state index in [-0.39, 0.29) is 5.41 Å². The third-order valence-electron chi connectivity index (χ3n) is 2.52. The fourth-order valence-corrected chi connectivity index (χ4v) is 2.32. The molecule has 1 aromatic rings. The Labute approximate surface area is 113 Å². The molecule has 17 heavy (non-hydrogen) atoms. The Morgan fingerprint density at radius 3 is 2.53 bits per heavy atom. The van der Waals surface area contributed by atoms with Crippen LogP contribution in [0.5, 0.6) is 0 Å². The van der Waals surface area contributed by atoms with Crippen LogP contribution in [0.1, 0.15) is 13.8 Å². The summed E-state index contributed by atoms with van der Waals surface area (Å²) in [5.74, 6) is 0. The average Bonchev–Trinajstić information content (AvgIpc) is 2.14. The van der Waals surface area contributed by atoms with Crippen molar-refractivity contribution in [1.29, 1.82) is 0 Å². The van der Waals surface area contributed by atoms with Gasteiger partial charge in [0.15, 0.2) is 0 Å². The maximum absolute atomic E-state index is 5.95. The molecule has 0 saturated carbocycles. The number of rotatable bonds is 5. The molecule has 0 aromatic heterocycles. The van der Waals surface area contributed by atoms with Gasteiger partial charge in [-0.05, 0) is 37.7 Å². The smallest absolute Gasteiger partial charge is 0.0574 e. The average molecular weight is 300 g/mol. The molecule has 0 atom stereocenters. The van der Waals surface area contributed by atoms with E-state index in [0.29, 0.717) is 0 Å². The summed E-state index contributed by atoms with van der Waals surface area (Å²) in [4.78, 5) is 2.20. The van der Waals surface area contributed by atoms with Crippen molar-refractivity contribution in [1.82, 2.24) is 4.90 Å². The summed E-state index contributed by atoms with van der Waals surface area (Å²) in [5.41, 5.74) is 7.94. The number of hydrogen-bond acceptors (Lipinski definition) is 3. The summed E-state index contributed by atoms with van der Waals surface area (Å²) in [5, 5.41) is 3.41. The first-order valence-electron chi connectivity index (χ1n) is 5.74. The molecule has 0 aliphatic carbocycles. The molecule has 0 spiro atoms. The molecule has 0 saturated heterocycles. The van der Waals surface area contributed by atoms with Gasteiger partial charge >= 0.3 is 0 Å². The van der Waals surface area contributed by atoms with Crippen LogP contribution < -0.4 is 11.1 Å². The van der Waals surface area contributed by atoms with Crippen LogP contribution >= 0.6 is 15.9 Å². The molecule has 96 valence electrons. The molecule has 4 heteroatoms. The van der Waals surface area contributed by atoms with Gasteiger partial charge in [-0.15, -0.1) is 0 Å². The summed E-state index contributed by atoms with van der Waals surface area (Å²) < 4.78 is 1.01. The first-order chi connectivity index (χ1) is 7.80. The second kappa shape index (κ2) is 5.74. The minimum atomic E-state index is 0.211. The molecule has 3 nitrogen and oxygen atoms in total. The summed E-state index contributed by atoms with van der Waals surface area (Å²) >= 11 is 3.41. The lowest BCUT2D eigenvalue weighted by Crippen LogP contribution is -2.34. The Bertz CT molecular complexity index is 375. The zero-order chi connectivity index (χ0) is 13.1. The molecular formula is C13H22BrN3. The number of nitrogens with two attached hydrogens (primary N) is 1. The second-order valence-electron chi connectivity index (χ2n) is 5.49. The Kier molecular flexibility index (Phi) is 4.83. The Morgan fingerprint density at radius 1 is 1.35 bits per heavy atom. The van der Waals surface area contributed by atoms with E-state index in [9.17, 15) is 0 Å². The SMILES string of the molecule is CN(C)CC(C)(C)CNc1ccc(Br)cc1N. The van der Waals surface area contributed by atoms with Crippen LogP contribution in [0, 0.1) is 5.41 Å². The molecule has 0 heterocycles. The van der Waals surface area contributed by atoms with Crippen molar-refractivity contribution in [2.24, 2.45) is 5.41 Å². The molecule has 0 amide bonds. The number of nitrogen functional groups attached to an aromatic ring is 1. The van der Waals surface area contributed by atoms with Gasteiger partial charge in [-0.1, -0.05) is 29.8 Å². The van der Waals surface area contributed by atoms with Gasteiger partial charge < -0.3 is 16.0 Å². The number of anilines is 2. The van der Waals surface area contributed by atoms with E-state index in [2.05, 4.69) is 54.1 Å². The van der Waals surface area contributed by atoms with E-state index in [1.54, 1.807) is 0 Å². The lowest BCUT2D eigenvalue weighted by atomic mass is 9.93. The summed E-state index contributed by atoms with van der Waals surface area (Å²) in [6, 6.07) is 5.92. The normalized spacial score (nSPS) is 11.9. The highest BCUT2D eigenvalue weighted by Gasteiger charge is 2.18. The lowest BCUT2D eigenvalue weighted by Gasteiger charge is -2.29. The maximum atomic E-state index is 5.95. The molecule has 0 radical (unpaired) electrons. The van der Waals surface area contributed by atoms with E-state index < -0.39 is 0 Å². The van der Waals surface area contributed by atoms with E-state index in [1.807, 2.05) is 18.2 Å². The van der Waals surface area contributed by atoms with Gasteiger partial charge in [0, 0.05) is 17.6 Å². The van der Waals surface area contributed by atoms with E-state index >= 15 is 0 Å². The molecule has 0 unspecified atom stereocenters. The number of nitrogens with zero attached hydrogens (tertiary/aromatic N) is 1. The summed E-state index contributed by atoms with van der Waals surface area (Å²) in [6.45, 7) is 6.43. The molecular weight excluding hydrogens is 278 g/mol. The Hall–Kier alpha value is -0.740. The van der Waals surface area contributed by atoms with Crippen molar-refractivity contribution >= 4 is 27.3 Å². The number of hydrogen-bond donors (Lipinski definition) is 2. The van der Waals surface area contributed by atoms with Crippen LogP contribution in [-0.2, 0) is 0 Å². The van der Waals surface area contributed by atoms with Gasteiger partial charge in [0.05, 0.1) is 11.4 Å². The molecule has 0 fully saturated rings. The van der Waals surface area contributed by atoms with Gasteiger partial charge in [-0.3, -0.25) is 0 Å². The minimum absolute atomic E-state index is 0.211. The van der Waals surface area contributed by atoms with Gasteiger partial charge in [-0.25, -0.2) is 0 Å². The largest absolute Gasteiger partial charge is 0.397 e. The van der Waals surface area contributed by atoms with Crippen molar-refractivity contribution in [2.75, 3.05) is 38.2 Å². The first kappa shape index (κ1) is 14.3. The van der Waals surface area contributed by atoms with Crippen LogP contribution in [0.25, 0.3) is 0 Å². The molecule has 0 aliphatic heterocycles. The van der Waals surface area contributed by atoms with Crippen LogP contribution in [0.2, 0.25) is 0 Å². The third-order valence-corrected chi connectivity index (χ3v) is 3.01. The molecule has 1 rings (SSSR count). The predicted molar refractivity (Wildman–Crippen MR) is 79.4 cm³/mol. The zero-order valence-electron chi connectivity index (χ0n) is 11.0. The minimum Gasteiger partial charge on any atom is -0.397 e. The summed E-state index contributed by atoms with van der Waals surface area (Å²) in [7, 11) is 4.19. The number of benzene rings is 1. The quantitative estimate of drug-likeness (QED) is 0.821. The molecule has 1 aromatic carbocycles. The molecule has 3 N–H and O–H groups in total. The van der Waals surface area contributed by atoms with Gasteiger partial charge in [0.1, 0.15) is 0 Å². The topological polar surface area (TPSA) is 41.3 Å². The van der Waals surface area contributed by atoms with E-state index in [4.69, 9.17) is 5.73 Å². The molecule has 0 bridgehead atoms. The zero-order valence-corrected chi connectivity index (χ0v) is 12.6. The first-order valence-corrected chi connectivity index (χ1v) is 6.53. The Balaban J connectivity index is 2.61. The van der Waals surface area contributed by atoms with Crippen LogP contribution in [0.3, 0.4) is 0 Å². The standard InChI is InChI=1S/C13H22BrN3/c1-13(2,9-17(3)4)8-16-12-6-5-10(14)7-11(12)15/h5-7,16H,8-9,15H2,1-4H3. The highest BCUT2D eigenvalue weighted by Crippen LogP contribution is 2.25. The second-order valence-corrected chi connectivity index (χ2v) is 6.40. The van der Waals surface area contributed by atoms with E-state index in [0.717, 1.165) is 28.9 Å². The lowest BCUT2D eigenvalue weighted by molar-refractivity contribution is 0.254. The maximum Gasteiger partial charge on any atom is 0.0574 e. The van der Waals surface area contributed by atoms with Crippen molar-refractivity contribution in [2.45, 2.75) is 13.8 Å². The fourth-order valence-electron chi connectivity index (χ4n) is 1.94. The van der Waals surface area contributed by atoms with E-state index in [1.165, 1.54) is 0 Å². The summed E-state index contributed by atoms with van der Waals surface area (Å²) in [6.07, 6.45) is 0. The highest BCUT2D eigenvalue weighted by molar-refractivity contribution is 9.10. The predicted octanol–water partition coefficient (Wildman–Crippen LogP) is 3.03. The van der Waals surface area contributed by atoms with Crippen LogP contribution in [0.4, 0.5) is 11.4 Å². The molecule has 0 aliphatic rings. The number of halogens is 1. The van der Waals surface area contributed by atoms with Crippen LogP contribution in [-0.4, -0.2) is 32.1 Å². The van der Waals surface area contributed by atoms with Gasteiger partial charge in [-0.2, -0.15) is 0 Å².